The van der Waals surface area contributed by atoms with Crippen molar-refractivity contribution < 1.29 is 23.7 Å². The topological polar surface area (TPSA) is 88.4 Å². The predicted molar refractivity (Wildman–Crippen MR) is 142 cm³/mol. The SMILES string of the molecule is C=CCOC(=O)C1=C(C)N=c2s/c(=C\c3ccc(OCC)c(OC)c3)c(=O)n2C1c1ccc(OC)cc1. The van der Waals surface area contributed by atoms with Gasteiger partial charge >= 0.3 is 5.97 Å². The third-order valence-electron chi connectivity index (χ3n) is 5.79. The highest BCUT2D eigenvalue weighted by Gasteiger charge is 2.33. The Morgan fingerprint density at radius 2 is 1.89 bits per heavy atom. The summed E-state index contributed by atoms with van der Waals surface area (Å²) in [5.41, 5.74) is 2.03. The summed E-state index contributed by atoms with van der Waals surface area (Å²) in [5.74, 6) is 1.31. The van der Waals surface area contributed by atoms with Crippen molar-refractivity contribution in [1.82, 2.24) is 4.57 Å². The van der Waals surface area contributed by atoms with Gasteiger partial charge < -0.3 is 18.9 Å². The Labute approximate surface area is 218 Å². The molecule has 2 aromatic carbocycles. The van der Waals surface area contributed by atoms with Crippen LogP contribution in [0.25, 0.3) is 6.08 Å². The molecule has 3 aromatic rings. The van der Waals surface area contributed by atoms with Crippen molar-refractivity contribution in [3.63, 3.8) is 0 Å². The number of hydrogen-bond donors (Lipinski definition) is 0. The van der Waals surface area contributed by atoms with E-state index in [0.717, 1.165) is 11.1 Å². The van der Waals surface area contributed by atoms with Crippen LogP contribution >= 0.6 is 11.3 Å². The molecule has 1 aliphatic heterocycles. The maximum atomic E-state index is 13.7. The zero-order chi connectivity index (χ0) is 26.5. The predicted octanol–water partition coefficient (Wildman–Crippen LogP) is 3.38. The van der Waals surface area contributed by atoms with Gasteiger partial charge in [-0.3, -0.25) is 9.36 Å². The molecular formula is C28H28N2O6S. The van der Waals surface area contributed by atoms with Crippen LogP contribution in [0.5, 0.6) is 17.2 Å². The Hall–Kier alpha value is -4.11. The van der Waals surface area contributed by atoms with Gasteiger partial charge in [0.05, 0.1) is 42.7 Å². The van der Waals surface area contributed by atoms with Crippen LogP contribution in [0.1, 0.15) is 31.0 Å². The molecule has 9 heteroatoms. The van der Waals surface area contributed by atoms with Gasteiger partial charge in [-0.05, 0) is 55.3 Å². The van der Waals surface area contributed by atoms with Crippen LogP contribution in [0.3, 0.4) is 0 Å². The van der Waals surface area contributed by atoms with Crippen molar-refractivity contribution in [3.8, 4) is 17.2 Å². The summed E-state index contributed by atoms with van der Waals surface area (Å²) in [4.78, 5) is 31.9. The Morgan fingerprint density at radius 3 is 2.54 bits per heavy atom. The first-order chi connectivity index (χ1) is 17.9. The molecule has 0 spiro atoms. The number of allylic oxidation sites excluding steroid dienone is 1. The maximum absolute atomic E-state index is 13.7. The number of methoxy groups -OCH3 is 2. The van der Waals surface area contributed by atoms with Gasteiger partial charge in [0.15, 0.2) is 16.3 Å². The van der Waals surface area contributed by atoms with Gasteiger partial charge in [0, 0.05) is 0 Å². The molecule has 0 bridgehead atoms. The lowest BCUT2D eigenvalue weighted by atomic mass is 9.96. The maximum Gasteiger partial charge on any atom is 0.338 e. The number of aromatic nitrogens is 1. The van der Waals surface area contributed by atoms with Gasteiger partial charge in [0.2, 0.25) is 0 Å². The molecule has 8 nitrogen and oxygen atoms in total. The summed E-state index contributed by atoms with van der Waals surface area (Å²) in [6, 6.07) is 12.0. The van der Waals surface area contributed by atoms with E-state index in [1.54, 1.807) is 43.9 Å². The molecule has 4 rings (SSSR count). The van der Waals surface area contributed by atoms with Gasteiger partial charge in [-0.1, -0.05) is 42.2 Å². The molecule has 1 atom stereocenters. The molecule has 37 heavy (non-hydrogen) atoms. The number of nitrogens with zero attached hydrogens (tertiary/aromatic N) is 2. The lowest BCUT2D eigenvalue weighted by Gasteiger charge is -2.24. The number of ether oxygens (including phenoxy) is 4. The molecule has 0 N–H and O–H groups in total. The van der Waals surface area contributed by atoms with Crippen LogP contribution in [0.4, 0.5) is 0 Å². The first-order valence-electron chi connectivity index (χ1n) is 11.7. The van der Waals surface area contributed by atoms with Crippen molar-refractivity contribution >= 4 is 23.4 Å². The van der Waals surface area contributed by atoms with Gasteiger partial charge in [0.25, 0.3) is 5.56 Å². The molecule has 2 heterocycles. The van der Waals surface area contributed by atoms with Crippen LogP contribution in [0.2, 0.25) is 0 Å². The fourth-order valence-corrected chi connectivity index (χ4v) is 5.14. The minimum absolute atomic E-state index is 0.0505. The van der Waals surface area contributed by atoms with E-state index in [1.807, 2.05) is 37.3 Å². The summed E-state index contributed by atoms with van der Waals surface area (Å²) in [7, 11) is 3.15. The molecule has 1 unspecified atom stereocenters. The normalized spacial score (nSPS) is 15.0. The summed E-state index contributed by atoms with van der Waals surface area (Å²) >= 11 is 1.26. The summed E-state index contributed by atoms with van der Waals surface area (Å²) in [6.45, 7) is 7.82. The number of esters is 1. The molecule has 192 valence electrons. The number of hydrogen-bond acceptors (Lipinski definition) is 8. The summed E-state index contributed by atoms with van der Waals surface area (Å²) in [6.07, 6.45) is 3.28. The fourth-order valence-electron chi connectivity index (χ4n) is 4.10. The Morgan fingerprint density at radius 1 is 1.14 bits per heavy atom. The fraction of sp³-hybridized carbons (Fsp3) is 0.250. The van der Waals surface area contributed by atoms with E-state index in [2.05, 4.69) is 11.6 Å². The highest BCUT2D eigenvalue weighted by atomic mass is 32.1. The van der Waals surface area contributed by atoms with Gasteiger partial charge in [-0.15, -0.1) is 0 Å². The second-order valence-corrected chi connectivity index (χ2v) is 9.09. The first kappa shape index (κ1) is 26.0. The molecule has 0 fully saturated rings. The molecule has 0 radical (unpaired) electrons. The molecule has 0 amide bonds. The number of rotatable bonds is 9. The van der Waals surface area contributed by atoms with Crippen molar-refractivity contribution in [2.45, 2.75) is 19.9 Å². The third-order valence-corrected chi connectivity index (χ3v) is 6.77. The number of benzene rings is 2. The average molecular weight is 521 g/mol. The number of fused-ring (bicyclic) bond motifs is 1. The van der Waals surface area contributed by atoms with Crippen LogP contribution in [-0.2, 0) is 9.53 Å². The molecule has 0 saturated carbocycles. The first-order valence-corrected chi connectivity index (χ1v) is 12.5. The van der Waals surface area contributed by atoms with Gasteiger partial charge in [-0.2, -0.15) is 0 Å². The second kappa shape index (κ2) is 11.3. The highest BCUT2D eigenvalue weighted by Crippen LogP contribution is 2.32. The van der Waals surface area contributed by atoms with Gasteiger partial charge in [0.1, 0.15) is 12.4 Å². The van der Waals surface area contributed by atoms with Gasteiger partial charge in [-0.25, -0.2) is 9.79 Å². The van der Waals surface area contributed by atoms with E-state index in [4.69, 9.17) is 18.9 Å². The van der Waals surface area contributed by atoms with Crippen molar-refractivity contribution in [1.29, 1.82) is 0 Å². The van der Waals surface area contributed by atoms with E-state index < -0.39 is 12.0 Å². The number of thiazole rings is 1. The van der Waals surface area contributed by atoms with Crippen molar-refractivity contribution in [3.05, 3.63) is 97.2 Å². The van der Waals surface area contributed by atoms with E-state index in [0.29, 0.717) is 44.5 Å². The molecule has 1 aromatic heterocycles. The van der Waals surface area contributed by atoms with Crippen LogP contribution in [0.15, 0.2) is 76.2 Å². The zero-order valence-corrected chi connectivity index (χ0v) is 22.0. The Kier molecular flexibility index (Phi) is 7.93. The molecule has 0 aliphatic carbocycles. The Balaban J connectivity index is 1.88. The van der Waals surface area contributed by atoms with E-state index in [1.165, 1.54) is 17.4 Å². The highest BCUT2D eigenvalue weighted by molar-refractivity contribution is 7.07. The second-order valence-electron chi connectivity index (χ2n) is 8.09. The van der Waals surface area contributed by atoms with Crippen molar-refractivity contribution in [2.75, 3.05) is 27.4 Å². The molecule has 0 saturated heterocycles. The molecular weight excluding hydrogens is 492 g/mol. The Bertz CT molecular complexity index is 1530. The summed E-state index contributed by atoms with van der Waals surface area (Å²) < 4.78 is 23.7. The number of carbonyl (C=O) groups is 1. The lowest BCUT2D eigenvalue weighted by molar-refractivity contribution is -0.138. The monoisotopic (exact) mass is 520 g/mol. The lowest BCUT2D eigenvalue weighted by Crippen LogP contribution is -2.39. The largest absolute Gasteiger partial charge is 0.497 e. The zero-order valence-electron chi connectivity index (χ0n) is 21.1. The minimum Gasteiger partial charge on any atom is -0.497 e. The van der Waals surface area contributed by atoms with Crippen LogP contribution < -0.4 is 29.1 Å². The van der Waals surface area contributed by atoms with Crippen LogP contribution in [0, 0.1) is 0 Å². The number of carbonyl (C=O) groups excluding carboxylic acids is 1. The third kappa shape index (κ3) is 5.22. The minimum atomic E-state index is -0.712. The molecule has 1 aliphatic rings. The average Bonchev–Trinajstić information content (AvgIpc) is 3.21. The summed E-state index contributed by atoms with van der Waals surface area (Å²) in [5, 5.41) is 0. The smallest absolute Gasteiger partial charge is 0.338 e. The quantitative estimate of drug-likeness (QED) is 0.318. The van der Waals surface area contributed by atoms with E-state index in [-0.39, 0.29) is 12.2 Å². The standard InChI is InChI=1S/C28H28N2O6S/c1-6-14-36-27(32)24-17(3)29-28-30(25(24)19-9-11-20(33-4)12-10-19)26(31)23(37-28)16-18-8-13-21(35-7-2)22(15-18)34-5/h6,8-13,15-16,25H,1,7,14H2,2-5H3/b23-16-. The van der Waals surface area contributed by atoms with Crippen LogP contribution in [-0.4, -0.2) is 38.0 Å². The van der Waals surface area contributed by atoms with E-state index in [9.17, 15) is 9.59 Å². The van der Waals surface area contributed by atoms with E-state index >= 15 is 0 Å². The van der Waals surface area contributed by atoms with Crippen molar-refractivity contribution in [2.24, 2.45) is 4.99 Å².